The molecule has 0 aliphatic heterocycles. The molecule has 0 spiro atoms. The first-order valence-corrected chi connectivity index (χ1v) is 8.10. The first-order chi connectivity index (χ1) is 13.2. The third-order valence-electron chi connectivity index (χ3n) is 3.59. The van der Waals surface area contributed by atoms with Crippen LogP contribution in [-0.2, 0) is 6.54 Å². The number of amides is 2. The smallest absolute Gasteiger partial charge is 0.422 e. The molecule has 0 saturated heterocycles. The van der Waals surface area contributed by atoms with E-state index in [1.807, 2.05) is 0 Å². The van der Waals surface area contributed by atoms with Gasteiger partial charge in [0.1, 0.15) is 0 Å². The number of urea groups is 1. The van der Waals surface area contributed by atoms with Crippen LogP contribution in [0.1, 0.15) is 5.56 Å². The summed E-state index contributed by atoms with van der Waals surface area (Å²) in [6.07, 6.45) is -3.23. The highest BCUT2D eigenvalue weighted by atomic mass is 19.4. The molecule has 7 nitrogen and oxygen atoms in total. The molecule has 0 bridgehead atoms. The van der Waals surface area contributed by atoms with Crippen LogP contribution in [0.3, 0.4) is 0 Å². The van der Waals surface area contributed by atoms with Crippen molar-refractivity contribution in [3.63, 3.8) is 0 Å². The normalized spacial score (nSPS) is 10.9. The molecule has 2 amide bonds. The fraction of sp³-hybridized carbons (Fsp3) is 0.333. The Morgan fingerprint density at radius 3 is 2.43 bits per heavy atom. The third-order valence-corrected chi connectivity index (χ3v) is 3.59. The molecule has 2 aromatic rings. The number of hydrogen-bond donors (Lipinski definition) is 1. The number of nitrogens with zero attached hydrogens (tertiary/aromatic N) is 2. The lowest BCUT2D eigenvalue weighted by Gasteiger charge is -2.19. The lowest BCUT2D eigenvalue weighted by atomic mass is 10.2. The number of alkyl halides is 3. The van der Waals surface area contributed by atoms with Gasteiger partial charge in [-0.15, -0.1) is 0 Å². The standard InChI is InChI=1S/C18H20F3N3O4/c1-24(10-12-4-6-14(26-2)15(8-12)27-3)17(25)23-13-5-7-16(22-9-13)28-11-18(19,20)21/h4-9H,10-11H2,1-3H3,(H,23,25). The molecule has 1 aromatic heterocycles. The van der Waals surface area contributed by atoms with Crippen molar-refractivity contribution < 1.29 is 32.2 Å². The second-order valence-corrected chi connectivity index (χ2v) is 5.76. The number of anilines is 1. The van der Waals surface area contributed by atoms with Crippen molar-refractivity contribution in [1.82, 2.24) is 9.88 Å². The maximum Gasteiger partial charge on any atom is 0.422 e. The number of nitrogens with one attached hydrogen (secondary N) is 1. The Kier molecular flexibility index (Phi) is 6.91. The molecular weight excluding hydrogens is 379 g/mol. The van der Waals surface area contributed by atoms with E-state index in [0.29, 0.717) is 23.7 Å². The maximum absolute atomic E-state index is 12.3. The van der Waals surface area contributed by atoms with Crippen LogP contribution in [0.4, 0.5) is 23.7 Å². The number of aromatic nitrogens is 1. The number of benzene rings is 1. The summed E-state index contributed by atoms with van der Waals surface area (Å²) >= 11 is 0. The van der Waals surface area contributed by atoms with Crippen LogP contribution in [0, 0.1) is 0 Å². The van der Waals surface area contributed by atoms with Gasteiger partial charge in [-0.1, -0.05) is 6.07 Å². The minimum atomic E-state index is -4.44. The largest absolute Gasteiger partial charge is 0.493 e. The SMILES string of the molecule is COc1ccc(CN(C)C(=O)Nc2ccc(OCC(F)(F)F)nc2)cc1OC. The van der Waals surface area contributed by atoms with Gasteiger partial charge < -0.3 is 24.4 Å². The molecule has 2 rings (SSSR count). The molecule has 0 fully saturated rings. The monoisotopic (exact) mass is 399 g/mol. The summed E-state index contributed by atoms with van der Waals surface area (Å²) in [5, 5.41) is 2.60. The highest BCUT2D eigenvalue weighted by molar-refractivity contribution is 5.88. The number of rotatable bonds is 7. The minimum Gasteiger partial charge on any atom is -0.493 e. The Morgan fingerprint density at radius 1 is 1.14 bits per heavy atom. The molecular formula is C18H20F3N3O4. The molecule has 1 N–H and O–H groups in total. The summed E-state index contributed by atoms with van der Waals surface area (Å²) < 4.78 is 51.3. The minimum absolute atomic E-state index is 0.186. The summed E-state index contributed by atoms with van der Waals surface area (Å²) in [5.74, 6) is 0.943. The van der Waals surface area contributed by atoms with Gasteiger partial charge in [-0.05, 0) is 23.8 Å². The molecule has 28 heavy (non-hydrogen) atoms. The summed E-state index contributed by atoms with van der Waals surface area (Å²) in [5.41, 5.74) is 1.15. The molecule has 1 aromatic carbocycles. The number of hydrogen-bond acceptors (Lipinski definition) is 5. The summed E-state index contributed by atoms with van der Waals surface area (Å²) in [6, 6.07) is 7.54. The molecule has 0 saturated carbocycles. The first kappa shape index (κ1) is 21.1. The van der Waals surface area contributed by atoms with Gasteiger partial charge in [-0.25, -0.2) is 9.78 Å². The predicted molar refractivity (Wildman–Crippen MR) is 95.8 cm³/mol. The highest BCUT2D eigenvalue weighted by Crippen LogP contribution is 2.28. The molecule has 0 aliphatic rings. The molecule has 0 aliphatic carbocycles. The van der Waals surface area contributed by atoms with Crippen LogP contribution in [0.2, 0.25) is 0 Å². The van der Waals surface area contributed by atoms with Crippen molar-refractivity contribution in [2.75, 3.05) is 33.2 Å². The van der Waals surface area contributed by atoms with Crippen LogP contribution >= 0.6 is 0 Å². The molecule has 152 valence electrons. The lowest BCUT2D eigenvalue weighted by molar-refractivity contribution is -0.154. The van der Waals surface area contributed by atoms with Gasteiger partial charge in [-0.2, -0.15) is 13.2 Å². The quantitative estimate of drug-likeness (QED) is 0.769. The van der Waals surface area contributed by atoms with E-state index in [4.69, 9.17) is 9.47 Å². The van der Waals surface area contributed by atoms with Gasteiger partial charge in [0.15, 0.2) is 18.1 Å². The fourth-order valence-electron chi connectivity index (χ4n) is 2.24. The van der Waals surface area contributed by atoms with Gasteiger partial charge >= 0.3 is 12.2 Å². The topological polar surface area (TPSA) is 72.9 Å². The second kappa shape index (κ2) is 9.16. The van der Waals surface area contributed by atoms with Gasteiger partial charge in [0, 0.05) is 19.7 Å². The maximum atomic E-state index is 12.3. The lowest BCUT2D eigenvalue weighted by Crippen LogP contribution is -2.30. The first-order valence-electron chi connectivity index (χ1n) is 8.10. The van der Waals surface area contributed by atoms with Gasteiger partial charge in [0.05, 0.1) is 26.1 Å². The molecule has 0 atom stereocenters. The third kappa shape index (κ3) is 6.22. The Hall–Kier alpha value is -3.17. The van der Waals surface area contributed by atoms with E-state index in [1.54, 1.807) is 25.2 Å². The number of carbonyl (C=O) groups excluding carboxylic acids is 1. The Labute approximate surface area is 160 Å². The molecule has 0 radical (unpaired) electrons. The van der Waals surface area contributed by atoms with Gasteiger partial charge in [0.25, 0.3) is 0 Å². The van der Waals surface area contributed by atoms with Crippen molar-refractivity contribution in [3.8, 4) is 17.4 Å². The van der Waals surface area contributed by atoms with E-state index in [9.17, 15) is 18.0 Å². The Balaban J connectivity index is 1.93. The summed E-state index contributed by atoms with van der Waals surface area (Å²) in [4.78, 5) is 17.4. The van der Waals surface area contributed by atoms with Crippen molar-refractivity contribution >= 4 is 11.7 Å². The average Bonchev–Trinajstić information content (AvgIpc) is 2.66. The van der Waals surface area contributed by atoms with Crippen LogP contribution < -0.4 is 19.5 Å². The van der Waals surface area contributed by atoms with E-state index in [-0.39, 0.29) is 5.88 Å². The van der Waals surface area contributed by atoms with E-state index in [1.165, 1.54) is 37.4 Å². The van der Waals surface area contributed by atoms with E-state index in [0.717, 1.165) is 5.56 Å². The average molecular weight is 399 g/mol. The van der Waals surface area contributed by atoms with Gasteiger partial charge in [0.2, 0.25) is 5.88 Å². The molecule has 10 heteroatoms. The fourth-order valence-corrected chi connectivity index (χ4v) is 2.24. The highest BCUT2D eigenvalue weighted by Gasteiger charge is 2.28. The summed E-state index contributed by atoms with van der Waals surface area (Å²) in [6.45, 7) is -1.13. The van der Waals surface area contributed by atoms with Crippen LogP contribution in [0.5, 0.6) is 17.4 Å². The van der Waals surface area contributed by atoms with E-state index in [2.05, 4.69) is 15.0 Å². The van der Waals surface area contributed by atoms with E-state index >= 15 is 0 Å². The number of halogens is 3. The number of ether oxygens (including phenoxy) is 3. The zero-order valence-corrected chi connectivity index (χ0v) is 15.5. The van der Waals surface area contributed by atoms with Crippen LogP contribution in [-0.4, -0.2) is 50.0 Å². The predicted octanol–water partition coefficient (Wildman–Crippen LogP) is 3.70. The van der Waals surface area contributed by atoms with Crippen molar-refractivity contribution in [2.24, 2.45) is 0 Å². The van der Waals surface area contributed by atoms with Crippen molar-refractivity contribution in [1.29, 1.82) is 0 Å². The Bertz CT molecular complexity index is 798. The number of methoxy groups -OCH3 is 2. The van der Waals surface area contributed by atoms with Crippen molar-refractivity contribution in [2.45, 2.75) is 12.7 Å². The second-order valence-electron chi connectivity index (χ2n) is 5.76. The van der Waals surface area contributed by atoms with Crippen LogP contribution in [0.15, 0.2) is 36.5 Å². The molecule has 1 heterocycles. The number of pyridine rings is 1. The van der Waals surface area contributed by atoms with Crippen molar-refractivity contribution in [3.05, 3.63) is 42.1 Å². The van der Waals surface area contributed by atoms with E-state index < -0.39 is 18.8 Å². The zero-order chi connectivity index (χ0) is 20.7. The molecule has 0 unspecified atom stereocenters. The summed E-state index contributed by atoms with van der Waals surface area (Å²) in [7, 11) is 4.65. The zero-order valence-electron chi connectivity index (χ0n) is 15.5. The van der Waals surface area contributed by atoms with Gasteiger partial charge in [-0.3, -0.25) is 0 Å². The number of carbonyl (C=O) groups is 1. The Morgan fingerprint density at radius 2 is 1.86 bits per heavy atom. The van der Waals surface area contributed by atoms with Crippen LogP contribution in [0.25, 0.3) is 0 Å².